The lowest BCUT2D eigenvalue weighted by Crippen LogP contribution is -1.89. The summed E-state index contributed by atoms with van der Waals surface area (Å²) >= 11 is 0. The van der Waals surface area contributed by atoms with Crippen LogP contribution in [-0.2, 0) is 4.79 Å². The molecule has 0 spiro atoms. The molecular weight excluding hydrogens is 136 g/mol. The van der Waals surface area contributed by atoms with Gasteiger partial charge in [-0.2, -0.15) is 0 Å². The summed E-state index contributed by atoms with van der Waals surface area (Å²) in [4.78, 5) is 10.7. The van der Waals surface area contributed by atoms with Gasteiger partial charge in [-0.1, -0.05) is 18.6 Å². The number of carbonyl (C=O) groups is 1. The molecule has 0 amide bonds. The maximum Gasteiger partial charge on any atom is 0.152 e. The molecular formula is C10H16O. The molecule has 0 bridgehead atoms. The topological polar surface area (TPSA) is 17.1 Å². The summed E-state index contributed by atoms with van der Waals surface area (Å²) in [6.07, 6.45) is 4.66. The molecule has 0 aliphatic rings. The number of hydrogen-bond donors (Lipinski definition) is 0. The van der Waals surface area contributed by atoms with Crippen LogP contribution in [0, 0.1) is 0 Å². The van der Waals surface area contributed by atoms with E-state index in [0.29, 0.717) is 0 Å². The van der Waals surface area contributed by atoms with Crippen LogP contribution in [0.15, 0.2) is 23.3 Å². The van der Waals surface area contributed by atoms with Crippen molar-refractivity contribution in [1.82, 2.24) is 0 Å². The van der Waals surface area contributed by atoms with Gasteiger partial charge in [-0.15, -0.1) is 0 Å². The quantitative estimate of drug-likeness (QED) is 0.449. The lowest BCUT2D eigenvalue weighted by molar-refractivity contribution is -0.112. The summed E-state index contributed by atoms with van der Waals surface area (Å²) in [6.45, 7) is 7.65. The Hall–Kier alpha value is -0.850. The van der Waals surface area contributed by atoms with Gasteiger partial charge in [-0.3, -0.25) is 4.79 Å². The van der Waals surface area contributed by atoms with Gasteiger partial charge in [0, 0.05) is 0 Å². The van der Waals surface area contributed by atoms with Crippen LogP contribution in [0.5, 0.6) is 0 Å². The minimum Gasteiger partial charge on any atom is -0.295 e. The standard InChI is InChI=1S/C10H16O/c1-5-8(3)10(6-2)7-9(4)11/h5,7H,6H2,1-4H3/b8-5-,10-7-. The smallest absolute Gasteiger partial charge is 0.152 e. The Labute approximate surface area is 68.8 Å². The Morgan fingerprint density at radius 3 is 2.18 bits per heavy atom. The molecule has 0 aromatic heterocycles. The molecule has 1 nitrogen and oxygen atoms in total. The Kier molecular flexibility index (Phi) is 4.51. The zero-order valence-corrected chi connectivity index (χ0v) is 7.77. The van der Waals surface area contributed by atoms with E-state index in [2.05, 4.69) is 6.92 Å². The van der Waals surface area contributed by atoms with E-state index in [1.54, 1.807) is 13.0 Å². The number of rotatable bonds is 3. The summed E-state index contributed by atoms with van der Waals surface area (Å²) in [5.74, 6) is 0.128. The highest BCUT2D eigenvalue weighted by Crippen LogP contribution is 2.12. The maximum absolute atomic E-state index is 10.7. The summed E-state index contributed by atoms with van der Waals surface area (Å²) in [7, 11) is 0. The Morgan fingerprint density at radius 2 is 1.91 bits per heavy atom. The summed E-state index contributed by atoms with van der Waals surface area (Å²) < 4.78 is 0. The van der Waals surface area contributed by atoms with Crippen LogP contribution in [-0.4, -0.2) is 5.78 Å². The second kappa shape index (κ2) is 4.89. The highest BCUT2D eigenvalue weighted by molar-refractivity contribution is 5.88. The van der Waals surface area contributed by atoms with Crippen LogP contribution in [0.4, 0.5) is 0 Å². The zero-order valence-electron chi connectivity index (χ0n) is 7.77. The maximum atomic E-state index is 10.7. The monoisotopic (exact) mass is 152 g/mol. The molecule has 0 fully saturated rings. The van der Waals surface area contributed by atoms with Gasteiger partial charge < -0.3 is 0 Å². The molecule has 62 valence electrons. The third-order valence-electron chi connectivity index (χ3n) is 1.70. The Bertz CT molecular complexity index is 197. The molecule has 11 heavy (non-hydrogen) atoms. The van der Waals surface area contributed by atoms with E-state index in [-0.39, 0.29) is 5.78 Å². The summed E-state index contributed by atoms with van der Waals surface area (Å²) in [6, 6.07) is 0. The fourth-order valence-corrected chi connectivity index (χ4v) is 0.925. The fraction of sp³-hybridized carbons (Fsp3) is 0.500. The number of carbonyl (C=O) groups excluding carboxylic acids is 1. The minimum atomic E-state index is 0.128. The van der Waals surface area contributed by atoms with Crippen molar-refractivity contribution >= 4 is 5.78 Å². The van der Waals surface area contributed by atoms with Gasteiger partial charge in [0.05, 0.1) is 0 Å². The van der Waals surface area contributed by atoms with Crippen LogP contribution in [0.3, 0.4) is 0 Å². The Balaban J connectivity index is 4.53. The molecule has 0 aromatic rings. The van der Waals surface area contributed by atoms with Crippen molar-refractivity contribution in [2.45, 2.75) is 34.1 Å². The van der Waals surface area contributed by atoms with Crippen LogP contribution in [0.2, 0.25) is 0 Å². The van der Waals surface area contributed by atoms with Crippen molar-refractivity contribution in [3.8, 4) is 0 Å². The normalized spacial score (nSPS) is 13.5. The van der Waals surface area contributed by atoms with Gasteiger partial charge >= 0.3 is 0 Å². The van der Waals surface area contributed by atoms with Crippen LogP contribution in [0.25, 0.3) is 0 Å². The van der Waals surface area contributed by atoms with Crippen molar-refractivity contribution in [2.24, 2.45) is 0 Å². The first-order valence-electron chi connectivity index (χ1n) is 3.96. The van der Waals surface area contributed by atoms with Gasteiger partial charge in [-0.25, -0.2) is 0 Å². The summed E-state index contributed by atoms with van der Waals surface area (Å²) in [5.41, 5.74) is 2.34. The highest BCUT2D eigenvalue weighted by atomic mass is 16.1. The van der Waals surface area contributed by atoms with E-state index in [0.717, 1.165) is 12.0 Å². The molecule has 0 saturated carbocycles. The van der Waals surface area contributed by atoms with Crippen molar-refractivity contribution in [3.63, 3.8) is 0 Å². The van der Waals surface area contributed by atoms with Crippen molar-refractivity contribution in [1.29, 1.82) is 0 Å². The first-order valence-corrected chi connectivity index (χ1v) is 3.96. The van der Waals surface area contributed by atoms with Crippen molar-refractivity contribution in [3.05, 3.63) is 23.3 Å². The minimum absolute atomic E-state index is 0.128. The second-order valence-electron chi connectivity index (χ2n) is 2.61. The van der Waals surface area contributed by atoms with Gasteiger partial charge in [0.1, 0.15) is 0 Å². The SMILES string of the molecule is C/C=C(C)\C(=C/C(C)=O)CC. The predicted octanol–water partition coefficient (Wildman–Crippen LogP) is 2.88. The third kappa shape index (κ3) is 3.76. The van der Waals surface area contributed by atoms with Crippen molar-refractivity contribution < 1.29 is 4.79 Å². The van der Waals surface area contributed by atoms with Crippen LogP contribution in [0.1, 0.15) is 34.1 Å². The molecule has 0 rings (SSSR count). The van der Waals surface area contributed by atoms with E-state index < -0.39 is 0 Å². The average molecular weight is 152 g/mol. The zero-order chi connectivity index (χ0) is 8.85. The van der Waals surface area contributed by atoms with Crippen LogP contribution >= 0.6 is 0 Å². The number of hydrogen-bond acceptors (Lipinski definition) is 1. The molecule has 1 heteroatoms. The van der Waals surface area contributed by atoms with E-state index >= 15 is 0 Å². The lowest BCUT2D eigenvalue weighted by Gasteiger charge is -2.01. The average Bonchev–Trinajstić information content (AvgIpc) is 1.98. The molecule has 0 aliphatic heterocycles. The highest BCUT2D eigenvalue weighted by Gasteiger charge is 1.96. The van der Waals surface area contributed by atoms with Gasteiger partial charge in [0.2, 0.25) is 0 Å². The fourth-order valence-electron chi connectivity index (χ4n) is 0.925. The first kappa shape index (κ1) is 10.2. The third-order valence-corrected chi connectivity index (χ3v) is 1.70. The van der Waals surface area contributed by atoms with Crippen molar-refractivity contribution in [2.75, 3.05) is 0 Å². The largest absolute Gasteiger partial charge is 0.295 e. The first-order chi connectivity index (χ1) is 5.11. The van der Waals surface area contributed by atoms with Gasteiger partial charge in [0.25, 0.3) is 0 Å². The van der Waals surface area contributed by atoms with Gasteiger partial charge in [0.15, 0.2) is 5.78 Å². The van der Waals surface area contributed by atoms with E-state index in [4.69, 9.17) is 0 Å². The molecule has 0 saturated heterocycles. The van der Waals surface area contributed by atoms with E-state index in [9.17, 15) is 4.79 Å². The molecule has 0 heterocycles. The second-order valence-corrected chi connectivity index (χ2v) is 2.61. The molecule has 0 atom stereocenters. The van der Waals surface area contributed by atoms with E-state index in [1.807, 2.05) is 19.9 Å². The van der Waals surface area contributed by atoms with E-state index in [1.165, 1.54) is 5.57 Å². The molecule has 0 unspecified atom stereocenters. The van der Waals surface area contributed by atoms with Crippen LogP contribution < -0.4 is 0 Å². The number of ketones is 1. The lowest BCUT2D eigenvalue weighted by atomic mass is 10.0. The molecule has 0 radical (unpaired) electrons. The predicted molar refractivity (Wildman–Crippen MR) is 48.5 cm³/mol. The Morgan fingerprint density at radius 1 is 1.36 bits per heavy atom. The van der Waals surface area contributed by atoms with Gasteiger partial charge in [-0.05, 0) is 38.8 Å². The molecule has 0 aliphatic carbocycles. The number of allylic oxidation sites excluding steroid dienone is 4. The summed E-state index contributed by atoms with van der Waals surface area (Å²) in [5, 5.41) is 0. The molecule has 0 aromatic carbocycles. The molecule has 0 N–H and O–H groups in total.